The first-order chi connectivity index (χ1) is 18.6. The summed E-state index contributed by atoms with van der Waals surface area (Å²) >= 11 is 0. The molecule has 0 bridgehead atoms. The maximum Gasteiger partial charge on any atom is 0.308 e. The number of nitrogens with zero attached hydrogens (tertiary/aromatic N) is 2. The normalized spacial score (nSPS) is 19.6. The number of carbonyl (C=O) groups excluding carboxylic acids is 4. The molecular formula is C26H28N4O8S. The van der Waals surface area contributed by atoms with Crippen LogP contribution in [0.15, 0.2) is 77.2 Å². The van der Waals surface area contributed by atoms with Gasteiger partial charge in [-0.3, -0.25) is 24.4 Å². The zero-order valence-electron chi connectivity index (χ0n) is 20.9. The van der Waals surface area contributed by atoms with Gasteiger partial charge >= 0.3 is 5.97 Å². The topological polar surface area (TPSA) is 162 Å². The lowest BCUT2D eigenvalue weighted by Gasteiger charge is -2.28. The molecule has 2 unspecified atom stereocenters. The third kappa shape index (κ3) is 7.07. The number of benzene rings is 2. The van der Waals surface area contributed by atoms with Crippen LogP contribution in [-0.4, -0.2) is 85.6 Å². The summed E-state index contributed by atoms with van der Waals surface area (Å²) in [5.74, 6) is -2.49. The third-order valence-corrected chi connectivity index (χ3v) is 7.71. The second kappa shape index (κ2) is 12.2. The van der Waals surface area contributed by atoms with Gasteiger partial charge in [-0.05, 0) is 36.3 Å². The number of carbonyl (C=O) groups is 4. The van der Waals surface area contributed by atoms with E-state index >= 15 is 0 Å². The molecule has 0 saturated carbocycles. The lowest BCUT2D eigenvalue weighted by molar-refractivity contribution is -0.177. The predicted molar refractivity (Wildman–Crippen MR) is 137 cm³/mol. The molecule has 1 saturated heterocycles. The number of sulfonamides is 1. The number of rotatable bonds is 9. The van der Waals surface area contributed by atoms with E-state index in [0.717, 1.165) is 4.90 Å². The van der Waals surface area contributed by atoms with E-state index in [2.05, 4.69) is 10.0 Å². The number of nitrogens with one attached hydrogen (secondary N) is 2. The van der Waals surface area contributed by atoms with E-state index in [0.29, 0.717) is 16.2 Å². The molecular weight excluding hydrogens is 528 g/mol. The summed E-state index contributed by atoms with van der Waals surface area (Å²) in [6.45, 7) is -1.02. The van der Waals surface area contributed by atoms with Gasteiger partial charge in [-0.15, -0.1) is 0 Å². The molecule has 3 N–H and O–H groups in total. The van der Waals surface area contributed by atoms with E-state index in [1.807, 2.05) is 0 Å². The standard InChI is InChI=1S/C26H28N4O8S/c31-23(30(35)20-13-24(32)38-17-20)16-29-15-18(14-27-39(36,37)21-9-5-2-6-10-21)11-12-22(26(29)34)28-25(33)19-7-3-1-4-8-19/h1-11,20,22,27,35H,12-17H2,(H,28,33). The van der Waals surface area contributed by atoms with Crippen molar-refractivity contribution in [1.29, 1.82) is 0 Å². The second-order valence-corrected chi connectivity index (χ2v) is 10.9. The predicted octanol–water partition coefficient (Wildman–Crippen LogP) is 0.456. The van der Waals surface area contributed by atoms with Gasteiger partial charge in [0.25, 0.3) is 11.8 Å². The molecule has 39 heavy (non-hydrogen) atoms. The Bertz CT molecular complexity index is 1360. The van der Waals surface area contributed by atoms with Crippen molar-refractivity contribution in [3.63, 3.8) is 0 Å². The summed E-state index contributed by atoms with van der Waals surface area (Å²) in [7, 11) is -3.85. The second-order valence-electron chi connectivity index (χ2n) is 9.10. The molecule has 0 radical (unpaired) electrons. The van der Waals surface area contributed by atoms with Crippen LogP contribution in [0.5, 0.6) is 0 Å². The van der Waals surface area contributed by atoms with Gasteiger partial charge in [0.2, 0.25) is 15.9 Å². The van der Waals surface area contributed by atoms with Crippen LogP contribution in [0.1, 0.15) is 23.2 Å². The average Bonchev–Trinajstić information content (AvgIpc) is 3.33. The number of esters is 1. The Morgan fingerprint density at radius 2 is 1.72 bits per heavy atom. The molecule has 4 rings (SSSR count). The van der Waals surface area contributed by atoms with Crippen LogP contribution >= 0.6 is 0 Å². The fraction of sp³-hybridized carbons (Fsp3) is 0.308. The summed E-state index contributed by atoms with van der Waals surface area (Å²) in [5.41, 5.74) is 0.820. The Hall–Kier alpha value is -4.07. The largest absolute Gasteiger partial charge is 0.463 e. The molecule has 2 atom stereocenters. The quantitative estimate of drug-likeness (QED) is 0.174. The van der Waals surface area contributed by atoms with E-state index in [9.17, 15) is 32.8 Å². The van der Waals surface area contributed by atoms with Crippen molar-refractivity contribution in [2.75, 3.05) is 26.2 Å². The van der Waals surface area contributed by atoms with E-state index in [1.165, 1.54) is 12.1 Å². The minimum atomic E-state index is -3.85. The average molecular weight is 557 g/mol. The highest BCUT2D eigenvalue weighted by Gasteiger charge is 2.35. The summed E-state index contributed by atoms with van der Waals surface area (Å²) in [5, 5.41) is 13.4. The Labute approximate surface area is 225 Å². The zero-order valence-corrected chi connectivity index (χ0v) is 21.7. The van der Waals surface area contributed by atoms with Crippen molar-refractivity contribution in [2.24, 2.45) is 0 Å². The highest BCUT2D eigenvalue weighted by atomic mass is 32.2. The molecule has 2 heterocycles. The lowest BCUT2D eigenvalue weighted by atomic mass is 10.1. The van der Waals surface area contributed by atoms with Crippen LogP contribution in [0.25, 0.3) is 0 Å². The highest BCUT2D eigenvalue weighted by molar-refractivity contribution is 7.89. The van der Waals surface area contributed by atoms with Crippen LogP contribution < -0.4 is 10.0 Å². The van der Waals surface area contributed by atoms with Crippen LogP contribution in [0.3, 0.4) is 0 Å². The van der Waals surface area contributed by atoms with Gasteiger partial charge in [0, 0.05) is 18.7 Å². The Morgan fingerprint density at radius 1 is 1.05 bits per heavy atom. The van der Waals surface area contributed by atoms with Crippen molar-refractivity contribution < 1.29 is 37.5 Å². The fourth-order valence-corrected chi connectivity index (χ4v) is 5.23. The molecule has 2 aromatic rings. The third-order valence-electron chi connectivity index (χ3n) is 6.30. The molecule has 2 aliphatic heterocycles. The number of hydrogen-bond donors (Lipinski definition) is 3. The molecule has 0 aromatic heterocycles. The highest BCUT2D eigenvalue weighted by Crippen LogP contribution is 2.17. The maximum absolute atomic E-state index is 13.4. The molecule has 3 amide bonds. The Morgan fingerprint density at radius 3 is 2.36 bits per heavy atom. The van der Waals surface area contributed by atoms with Crippen molar-refractivity contribution in [3.8, 4) is 0 Å². The lowest BCUT2D eigenvalue weighted by Crippen LogP contribution is -2.52. The van der Waals surface area contributed by atoms with Crippen LogP contribution in [0, 0.1) is 0 Å². The van der Waals surface area contributed by atoms with Gasteiger partial charge in [0.15, 0.2) is 0 Å². The smallest absolute Gasteiger partial charge is 0.308 e. The summed E-state index contributed by atoms with van der Waals surface area (Å²) in [4.78, 5) is 51.6. The van der Waals surface area contributed by atoms with Gasteiger partial charge < -0.3 is 15.0 Å². The van der Waals surface area contributed by atoms with E-state index in [-0.39, 0.29) is 37.4 Å². The van der Waals surface area contributed by atoms with Crippen molar-refractivity contribution in [3.05, 3.63) is 77.9 Å². The van der Waals surface area contributed by atoms with E-state index < -0.39 is 52.3 Å². The first-order valence-corrected chi connectivity index (χ1v) is 13.7. The van der Waals surface area contributed by atoms with Crippen molar-refractivity contribution in [1.82, 2.24) is 20.0 Å². The molecule has 12 nitrogen and oxygen atoms in total. The first-order valence-electron chi connectivity index (χ1n) is 12.2. The fourth-order valence-electron chi connectivity index (χ4n) is 4.17. The first kappa shape index (κ1) is 28.0. The van der Waals surface area contributed by atoms with Crippen LogP contribution in [-0.2, 0) is 29.1 Å². The van der Waals surface area contributed by atoms with Gasteiger partial charge in [-0.1, -0.05) is 42.5 Å². The molecule has 2 aliphatic rings. The number of cyclic esters (lactones) is 1. The minimum absolute atomic E-state index is 0.0539. The molecule has 0 spiro atoms. The molecule has 0 aliphatic carbocycles. The Kier molecular flexibility index (Phi) is 8.74. The van der Waals surface area contributed by atoms with Crippen LogP contribution in [0.2, 0.25) is 0 Å². The van der Waals surface area contributed by atoms with Gasteiger partial charge in [0.1, 0.15) is 25.2 Å². The van der Waals surface area contributed by atoms with Gasteiger partial charge in [0.05, 0.1) is 11.3 Å². The molecule has 13 heteroatoms. The SMILES string of the molecule is O=C1CC(N(O)C(=O)CN2CC(CNS(=O)(=O)c3ccccc3)=CCC(NC(=O)c3ccccc3)C2=O)CO1. The maximum atomic E-state index is 13.4. The van der Waals surface area contributed by atoms with Crippen LogP contribution in [0.4, 0.5) is 0 Å². The molecule has 2 aromatic carbocycles. The zero-order chi connectivity index (χ0) is 28.0. The number of hydrogen-bond acceptors (Lipinski definition) is 8. The van der Waals surface area contributed by atoms with Gasteiger partial charge in [-0.25, -0.2) is 18.2 Å². The monoisotopic (exact) mass is 556 g/mol. The Balaban J connectivity index is 1.51. The molecule has 206 valence electrons. The number of amides is 3. The minimum Gasteiger partial charge on any atom is -0.463 e. The van der Waals surface area contributed by atoms with Crippen molar-refractivity contribution in [2.45, 2.75) is 29.8 Å². The number of ether oxygens (including phenoxy) is 1. The summed E-state index contributed by atoms with van der Waals surface area (Å²) in [6, 6.07) is 14.1. The van der Waals surface area contributed by atoms with Gasteiger partial charge in [-0.2, -0.15) is 0 Å². The molecule has 1 fully saturated rings. The van der Waals surface area contributed by atoms with Crippen molar-refractivity contribution >= 4 is 33.7 Å². The van der Waals surface area contributed by atoms with E-state index in [1.54, 1.807) is 54.6 Å². The summed E-state index contributed by atoms with van der Waals surface area (Å²) < 4.78 is 32.7. The summed E-state index contributed by atoms with van der Waals surface area (Å²) in [6.07, 6.45) is 1.52. The number of hydroxylamine groups is 2. The van der Waals surface area contributed by atoms with E-state index in [4.69, 9.17) is 4.74 Å².